The molecule has 2 unspecified atom stereocenters. The molecule has 0 radical (unpaired) electrons. The van der Waals surface area contributed by atoms with Gasteiger partial charge in [-0.2, -0.15) is 0 Å². The van der Waals surface area contributed by atoms with E-state index in [-0.39, 0.29) is 6.10 Å². The predicted octanol–water partition coefficient (Wildman–Crippen LogP) is 3.09. The molecule has 0 heterocycles. The van der Waals surface area contributed by atoms with Crippen molar-refractivity contribution in [2.45, 2.75) is 39.9 Å². The Morgan fingerprint density at radius 3 is 2.38 bits per heavy atom. The second kappa shape index (κ2) is 6.02. The standard InChI is InChI=1S/C14H22O2/c1-5-16-14(10(2)3)13(15)12-9-7-6-8-11(12)4/h6-10,13-15H,5H2,1-4H3. The van der Waals surface area contributed by atoms with Crippen LogP contribution < -0.4 is 0 Å². The zero-order valence-corrected chi connectivity index (χ0v) is 10.6. The van der Waals surface area contributed by atoms with Crippen molar-refractivity contribution in [3.8, 4) is 0 Å². The Morgan fingerprint density at radius 2 is 1.88 bits per heavy atom. The molecule has 0 bridgehead atoms. The largest absolute Gasteiger partial charge is 0.386 e. The highest BCUT2D eigenvalue weighted by Crippen LogP contribution is 2.26. The highest BCUT2D eigenvalue weighted by Gasteiger charge is 2.25. The van der Waals surface area contributed by atoms with Crippen molar-refractivity contribution in [1.29, 1.82) is 0 Å². The van der Waals surface area contributed by atoms with Gasteiger partial charge in [-0.15, -0.1) is 0 Å². The molecule has 0 amide bonds. The average Bonchev–Trinajstić information content (AvgIpc) is 2.25. The molecule has 0 aliphatic rings. The van der Waals surface area contributed by atoms with Crippen LogP contribution in [0.5, 0.6) is 0 Å². The van der Waals surface area contributed by atoms with Crippen molar-refractivity contribution in [3.63, 3.8) is 0 Å². The van der Waals surface area contributed by atoms with Gasteiger partial charge in [0.15, 0.2) is 0 Å². The van der Waals surface area contributed by atoms with Crippen LogP contribution in [-0.2, 0) is 4.74 Å². The molecule has 0 spiro atoms. The molecule has 2 atom stereocenters. The molecule has 0 saturated carbocycles. The van der Waals surface area contributed by atoms with Crippen molar-refractivity contribution in [2.24, 2.45) is 5.92 Å². The number of ether oxygens (including phenoxy) is 1. The SMILES string of the molecule is CCOC(C(C)C)C(O)c1ccccc1C. The van der Waals surface area contributed by atoms with Crippen LogP contribution in [0.15, 0.2) is 24.3 Å². The summed E-state index contributed by atoms with van der Waals surface area (Å²) in [6.07, 6.45) is -0.674. The second-order valence-corrected chi connectivity index (χ2v) is 4.47. The molecule has 1 aromatic carbocycles. The Labute approximate surface area is 98.3 Å². The van der Waals surface area contributed by atoms with Gasteiger partial charge in [-0.25, -0.2) is 0 Å². The molecule has 0 aromatic heterocycles. The van der Waals surface area contributed by atoms with Crippen molar-refractivity contribution >= 4 is 0 Å². The third kappa shape index (κ3) is 3.06. The van der Waals surface area contributed by atoms with Crippen molar-refractivity contribution in [1.82, 2.24) is 0 Å². The van der Waals surface area contributed by atoms with E-state index >= 15 is 0 Å². The molecule has 1 aromatic rings. The Bertz CT molecular complexity index is 320. The van der Waals surface area contributed by atoms with Gasteiger partial charge in [-0.05, 0) is 30.9 Å². The number of hydrogen-bond donors (Lipinski definition) is 1. The summed E-state index contributed by atoms with van der Waals surface area (Å²) in [6.45, 7) is 8.75. The fourth-order valence-corrected chi connectivity index (χ4v) is 1.94. The van der Waals surface area contributed by atoms with E-state index in [4.69, 9.17) is 4.74 Å². The molecule has 0 saturated heterocycles. The number of benzene rings is 1. The smallest absolute Gasteiger partial charge is 0.106 e. The molecule has 2 heteroatoms. The third-order valence-electron chi connectivity index (χ3n) is 2.83. The van der Waals surface area contributed by atoms with Gasteiger partial charge in [-0.1, -0.05) is 38.1 Å². The van der Waals surface area contributed by atoms with Crippen LogP contribution in [0.2, 0.25) is 0 Å². The average molecular weight is 222 g/mol. The number of aliphatic hydroxyl groups excluding tert-OH is 1. The third-order valence-corrected chi connectivity index (χ3v) is 2.83. The normalized spacial score (nSPS) is 15.1. The van der Waals surface area contributed by atoms with E-state index in [1.807, 2.05) is 38.1 Å². The first kappa shape index (κ1) is 13.2. The van der Waals surface area contributed by atoms with Gasteiger partial charge in [0.1, 0.15) is 6.10 Å². The van der Waals surface area contributed by atoms with E-state index in [1.165, 1.54) is 0 Å². The highest BCUT2D eigenvalue weighted by molar-refractivity contribution is 5.28. The van der Waals surface area contributed by atoms with Gasteiger partial charge in [-0.3, -0.25) is 0 Å². The Kier molecular flexibility index (Phi) is 4.97. The lowest BCUT2D eigenvalue weighted by Gasteiger charge is -2.27. The van der Waals surface area contributed by atoms with E-state index in [9.17, 15) is 5.11 Å². The summed E-state index contributed by atoms with van der Waals surface area (Å²) in [5.74, 6) is 0.301. The maximum absolute atomic E-state index is 10.3. The maximum atomic E-state index is 10.3. The Hall–Kier alpha value is -0.860. The van der Waals surface area contributed by atoms with Crippen LogP contribution in [0.4, 0.5) is 0 Å². The van der Waals surface area contributed by atoms with E-state index < -0.39 is 6.10 Å². The first-order valence-electron chi connectivity index (χ1n) is 5.93. The number of rotatable bonds is 5. The predicted molar refractivity (Wildman–Crippen MR) is 66.4 cm³/mol. The van der Waals surface area contributed by atoms with Crippen molar-refractivity contribution in [2.75, 3.05) is 6.61 Å². The summed E-state index contributed by atoms with van der Waals surface area (Å²) >= 11 is 0. The van der Waals surface area contributed by atoms with E-state index in [0.717, 1.165) is 11.1 Å². The Morgan fingerprint density at radius 1 is 1.25 bits per heavy atom. The molecule has 16 heavy (non-hydrogen) atoms. The summed E-state index contributed by atoms with van der Waals surface area (Å²) in [5, 5.41) is 10.3. The van der Waals surface area contributed by atoms with Gasteiger partial charge >= 0.3 is 0 Å². The molecule has 90 valence electrons. The molecule has 0 aliphatic heterocycles. The maximum Gasteiger partial charge on any atom is 0.106 e. The minimum atomic E-state index is -0.541. The summed E-state index contributed by atoms with van der Waals surface area (Å²) < 4.78 is 5.62. The zero-order valence-electron chi connectivity index (χ0n) is 10.6. The summed E-state index contributed by atoms with van der Waals surface area (Å²) in [4.78, 5) is 0. The van der Waals surface area contributed by atoms with E-state index in [1.54, 1.807) is 0 Å². The van der Waals surface area contributed by atoms with Gasteiger partial charge in [0.2, 0.25) is 0 Å². The lowest BCUT2D eigenvalue weighted by molar-refractivity contribution is -0.0587. The van der Waals surface area contributed by atoms with Crippen LogP contribution >= 0.6 is 0 Å². The molecule has 0 aliphatic carbocycles. The van der Waals surface area contributed by atoms with Crippen LogP contribution in [0.25, 0.3) is 0 Å². The quantitative estimate of drug-likeness (QED) is 0.829. The first-order chi connectivity index (χ1) is 7.57. The fraction of sp³-hybridized carbons (Fsp3) is 0.571. The van der Waals surface area contributed by atoms with Crippen molar-refractivity contribution in [3.05, 3.63) is 35.4 Å². The lowest BCUT2D eigenvalue weighted by Crippen LogP contribution is -2.28. The molecule has 2 nitrogen and oxygen atoms in total. The number of aliphatic hydroxyl groups is 1. The minimum absolute atomic E-state index is 0.133. The molecule has 1 rings (SSSR count). The lowest BCUT2D eigenvalue weighted by atomic mass is 9.93. The molecular weight excluding hydrogens is 200 g/mol. The van der Waals surface area contributed by atoms with Crippen LogP contribution in [0.3, 0.4) is 0 Å². The number of hydrogen-bond acceptors (Lipinski definition) is 2. The summed E-state index contributed by atoms with van der Waals surface area (Å²) in [7, 11) is 0. The van der Waals surface area contributed by atoms with Crippen LogP contribution in [0.1, 0.15) is 38.0 Å². The number of aryl methyl sites for hydroxylation is 1. The topological polar surface area (TPSA) is 29.5 Å². The molecule has 0 fully saturated rings. The van der Waals surface area contributed by atoms with Gasteiger partial charge in [0.25, 0.3) is 0 Å². The van der Waals surface area contributed by atoms with Crippen LogP contribution in [-0.4, -0.2) is 17.8 Å². The van der Waals surface area contributed by atoms with E-state index in [0.29, 0.717) is 12.5 Å². The Balaban J connectivity index is 2.90. The monoisotopic (exact) mass is 222 g/mol. The highest BCUT2D eigenvalue weighted by atomic mass is 16.5. The van der Waals surface area contributed by atoms with Crippen LogP contribution in [0, 0.1) is 12.8 Å². The zero-order chi connectivity index (χ0) is 12.1. The van der Waals surface area contributed by atoms with Gasteiger partial charge in [0.05, 0.1) is 6.10 Å². The van der Waals surface area contributed by atoms with Gasteiger partial charge < -0.3 is 9.84 Å². The van der Waals surface area contributed by atoms with Crippen molar-refractivity contribution < 1.29 is 9.84 Å². The fourth-order valence-electron chi connectivity index (χ4n) is 1.94. The summed E-state index contributed by atoms with van der Waals surface area (Å²) in [6, 6.07) is 7.92. The van der Waals surface area contributed by atoms with Gasteiger partial charge in [0, 0.05) is 6.61 Å². The second-order valence-electron chi connectivity index (χ2n) is 4.47. The molecule has 1 N–H and O–H groups in total. The van der Waals surface area contributed by atoms with E-state index in [2.05, 4.69) is 13.8 Å². The summed E-state index contributed by atoms with van der Waals surface area (Å²) in [5.41, 5.74) is 2.08. The minimum Gasteiger partial charge on any atom is -0.386 e. The molecular formula is C14H22O2. The first-order valence-corrected chi connectivity index (χ1v) is 5.93.